The van der Waals surface area contributed by atoms with Gasteiger partial charge in [-0.2, -0.15) is 0 Å². The second-order valence-corrected chi connectivity index (χ2v) is 8.73. The zero-order valence-electron chi connectivity index (χ0n) is 19.7. The number of hydrogen-bond acceptors (Lipinski definition) is 6. The maximum atomic E-state index is 13.3. The van der Waals surface area contributed by atoms with Crippen molar-refractivity contribution in [1.82, 2.24) is 14.8 Å². The van der Waals surface area contributed by atoms with Gasteiger partial charge in [-0.15, -0.1) is 0 Å². The van der Waals surface area contributed by atoms with Gasteiger partial charge in [0.1, 0.15) is 5.76 Å². The Hall–Kier alpha value is -3.68. The average molecular weight is 464 g/mol. The van der Waals surface area contributed by atoms with Crippen molar-refractivity contribution in [1.29, 1.82) is 0 Å². The van der Waals surface area contributed by atoms with Gasteiger partial charge in [-0.3, -0.25) is 14.6 Å². The monoisotopic (exact) mass is 463 g/mol. The van der Waals surface area contributed by atoms with E-state index < -0.39 is 17.7 Å². The Labute approximate surface area is 198 Å². The lowest BCUT2D eigenvalue weighted by atomic mass is 9.93. The number of pyridine rings is 1. The number of ether oxygens (including phenoxy) is 1. The highest BCUT2D eigenvalue weighted by Gasteiger charge is 2.49. The van der Waals surface area contributed by atoms with E-state index >= 15 is 0 Å². The van der Waals surface area contributed by atoms with Crippen LogP contribution < -0.4 is 0 Å². The number of aryl methyl sites for hydroxylation is 2. The number of aromatic nitrogens is 1. The molecule has 0 aliphatic carbocycles. The molecular weight excluding hydrogens is 434 g/mol. The van der Waals surface area contributed by atoms with Crippen molar-refractivity contribution in [3.05, 3.63) is 70.6 Å². The van der Waals surface area contributed by atoms with Crippen LogP contribution in [0.1, 0.15) is 48.1 Å². The van der Waals surface area contributed by atoms with Gasteiger partial charge >= 0.3 is 6.09 Å². The third kappa shape index (κ3) is 4.27. The molecule has 1 aromatic carbocycles. The quantitative estimate of drug-likeness (QED) is 0.421. The molecule has 0 radical (unpaired) electrons. The molecule has 2 aliphatic heterocycles. The van der Waals surface area contributed by atoms with Crippen molar-refractivity contribution in [2.24, 2.45) is 0 Å². The minimum atomic E-state index is -0.757. The lowest BCUT2D eigenvalue weighted by Crippen LogP contribution is -2.48. The summed E-state index contributed by atoms with van der Waals surface area (Å²) < 4.78 is 5.09. The summed E-state index contributed by atoms with van der Waals surface area (Å²) in [5, 5.41) is 11.3. The molecule has 3 heterocycles. The molecule has 8 heteroatoms. The first-order chi connectivity index (χ1) is 16.3. The number of hydrogen-bond donors (Lipinski definition) is 1. The lowest BCUT2D eigenvalue weighted by Gasteiger charge is -2.38. The van der Waals surface area contributed by atoms with Crippen molar-refractivity contribution < 1.29 is 24.2 Å². The molecule has 0 bridgehead atoms. The van der Waals surface area contributed by atoms with Crippen LogP contribution in [0.4, 0.5) is 4.79 Å². The van der Waals surface area contributed by atoms with Crippen molar-refractivity contribution in [2.75, 3.05) is 19.7 Å². The number of rotatable bonds is 4. The molecule has 8 nitrogen and oxygen atoms in total. The molecule has 4 rings (SSSR count). The zero-order valence-corrected chi connectivity index (χ0v) is 19.7. The fourth-order valence-corrected chi connectivity index (χ4v) is 4.77. The number of amides is 2. The van der Waals surface area contributed by atoms with Crippen LogP contribution in [0.25, 0.3) is 5.76 Å². The molecule has 2 aromatic rings. The molecule has 1 aromatic heterocycles. The van der Waals surface area contributed by atoms with E-state index in [0.717, 1.165) is 11.1 Å². The van der Waals surface area contributed by atoms with Crippen LogP contribution in [0.15, 0.2) is 48.3 Å². The standard InChI is InChI=1S/C26H29N3O5/c1-4-34-26(33)28-12-9-19(10-13-28)29-22(18-6-5-11-27-15-18)21(24(31)25(29)32)23(30)20-14-16(2)7-8-17(20)3/h5-8,11,14-15,19,22,30H,4,9-10,12-13H2,1-3H3/b23-21+. The highest BCUT2D eigenvalue weighted by Crippen LogP contribution is 2.42. The lowest BCUT2D eigenvalue weighted by molar-refractivity contribution is -0.142. The second kappa shape index (κ2) is 9.67. The molecule has 1 unspecified atom stereocenters. The summed E-state index contributed by atoms with van der Waals surface area (Å²) in [6, 6.07) is 8.16. The molecule has 1 N–H and O–H groups in total. The summed E-state index contributed by atoms with van der Waals surface area (Å²) in [7, 11) is 0. The van der Waals surface area contributed by atoms with Gasteiger partial charge < -0.3 is 19.6 Å². The molecule has 178 valence electrons. The van der Waals surface area contributed by atoms with Crippen molar-refractivity contribution in [2.45, 2.75) is 45.7 Å². The summed E-state index contributed by atoms with van der Waals surface area (Å²) in [5.74, 6) is -1.53. The van der Waals surface area contributed by atoms with Crippen LogP contribution in [-0.2, 0) is 14.3 Å². The zero-order chi connectivity index (χ0) is 24.4. The summed E-state index contributed by atoms with van der Waals surface area (Å²) >= 11 is 0. The summed E-state index contributed by atoms with van der Waals surface area (Å²) in [6.07, 6.45) is 3.88. The molecule has 2 fully saturated rings. The Morgan fingerprint density at radius 2 is 1.91 bits per heavy atom. The van der Waals surface area contributed by atoms with Crippen LogP contribution in [0.3, 0.4) is 0 Å². The van der Waals surface area contributed by atoms with Gasteiger partial charge in [0.25, 0.3) is 11.7 Å². The van der Waals surface area contributed by atoms with Crippen molar-refractivity contribution >= 4 is 23.5 Å². The maximum Gasteiger partial charge on any atom is 0.409 e. The van der Waals surface area contributed by atoms with E-state index in [1.165, 1.54) is 0 Å². The van der Waals surface area contributed by atoms with Gasteiger partial charge in [0.15, 0.2) is 0 Å². The molecule has 2 saturated heterocycles. The fourth-order valence-electron chi connectivity index (χ4n) is 4.77. The first-order valence-corrected chi connectivity index (χ1v) is 11.5. The smallest absolute Gasteiger partial charge is 0.409 e. The highest BCUT2D eigenvalue weighted by molar-refractivity contribution is 6.46. The van der Waals surface area contributed by atoms with Crippen LogP contribution in [0, 0.1) is 13.8 Å². The number of carbonyl (C=O) groups is 3. The van der Waals surface area contributed by atoms with E-state index in [0.29, 0.717) is 43.7 Å². The molecule has 34 heavy (non-hydrogen) atoms. The minimum Gasteiger partial charge on any atom is -0.507 e. The third-order valence-corrected chi connectivity index (χ3v) is 6.51. The van der Waals surface area contributed by atoms with E-state index in [1.807, 2.05) is 32.0 Å². The number of piperidine rings is 1. The normalized spacial score (nSPS) is 20.6. The van der Waals surface area contributed by atoms with Gasteiger partial charge in [-0.25, -0.2) is 4.79 Å². The van der Waals surface area contributed by atoms with Crippen LogP contribution in [0.5, 0.6) is 0 Å². The van der Waals surface area contributed by atoms with Crippen LogP contribution in [0.2, 0.25) is 0 Å². The first kappa shape index (κ1) is 23.5. The molecule has 2 aliphatic rings. The number of ketones is 1. The maximum absolute atomic E-state index is 13.3. The number of Topliss-reactive ketones (excluding diaryl/α,β-unsaturated/α-hetero) is 1. The van der Waals surface area contributed by atoms with Gasteiger partial charge in [0.05, 0.1) is 18.2 Å². The van der Waals surface area contributed by atoms with Crippen LogP contribution in [-0.4, -0.2) is 63.4 Å². The summed E-state index contributed by atoms with van der Waals surface area (Å²) in [6.45, 7) is 6.66. The Balaban J connectivity index is 1.75. The second-order valence-electron chi connectivity index (χ2n) is 8.73. The van der Waals surface area contributed by atoms with Gasteiger partial charge in [0, 0.05) is 37.1 Å². The van der Waals surface area contributed by atoms with E-state index in [2.05, 4.69) is 4.98 Å². The third-order valence-electron chi connectivity index (χ3n) is 6.51. The fraction of sp³-hybridized carbons (Fsp3) is 0.385. The summed E-state index contributed by atoms with van der Waals surface area (Å²) in [5.41, 5.74) is 3.00. The van der Waals surface area contributed by atoms with E-state index in [1.54, 1.807) is 41.2 Å². The molecule has 0 spiro atoms. The predicted octanol–water partition coefficient (Wildman–Crippen LogP) is 3.74. The van der Waals surface area contributed by atoms with Gasteiger partial charge in [-0.1, -0.05) is 23.8 Å². The van der Waals surface area contributed by atoms with Crippen molar-refractivity contribution in [3.63, 3.8) is 0 Å². The number of aliphatic hydroxyl groups is 1. The highest BCUT2D eigenvalue weighted by atomic mass is 16.6. The van der Waals surface area contributed by atoms with Crippen LogP contribution >= 0.6 is 0 Å². The van der Waals surface area contributed by atoms with Crippen molar-refractivity contribution in [3.8, 4) is 0 Å². The minimum absolute atomic E-state index is 0.0690. The first-order valence-electron chi connectivity index (χ1n) is 11.5. The number of nitrogens with zero attached hydrogens (tertiary/aromatic N) is 3. The van der Waals surface area contributed by atoms with E-state index in [-0.39, 0.29) is 23.5 Å². The number of benzene rings is 1. The van der Waals surface area contributed by atoms with E-state index in [9.17, 15) is 19.5 Å². The Bertz CT molecular complexity index is 1140. The Morgan fingerprint density at radius 1 is 1.18 bits per heavy atom. The number of carbonyl (C=O) groups excluding carboxylic acids is 3. The van der Waals surface area contributed by atoms with Gasteiger partial charge in [-0.05, 0) is 56.9 Å². The van der Waals surface area contributed by atoms with E-state index in [4.69, 9.17) is 4.74 Å². The Morgan fingerprint density at radius 3 is 2.56 bits per heavy atom. The number of likely N-dealkylation sites (tertiary alicyclic amines) is 2. The molecule has 0 saturated carbocycles. The predicted molar refractivity (Wildman–Crippen MR) is 126 cm³/mol. The van der Waals surface area contributed by atoms with Gasteiger partial charge in [0.2, 0.25) is 0 Å². The summed E-state index contributed by atoms with van der Waals surface area (Å²) in [4.78, 5) is 46.1. The largest absolute Gasteiger partial charge is 0.507 e. The number of aliphatic hydroxyl groups excluding tert-OH is 1. The Kier molecular flexibility index (Phi) is 6.68. The molecule has 2 amide bonds. The molecule has 1 atom stereocenters. The SMILES string of the molecule is CCOC(=O)N1CCC(N2C(=O)C(=O)/C(=C(/O)c3cc(C)ccc3C)C2c2cccnc2)CC1. The topological polar surface area (TPSA) is 100 Å². The molecular formula is C26H29N3O5. The average Bonchev–Trinajstić information content (AvgIpc) is 3.11.